The van der Waals surface area contributed by atoms with Gasteiger partial charge in [0.1, 0.15) is 17.8 Å². The largest absolute Gasteiger partial charge is 0.356 e. The van der Waals surface area contributed by atoms with E-state index >= 15 is 0 Å². The molecule has 3 heterocycles. The van der Waals surface area contributed by atoms with Gasteiger partial charge >= 0.3 is 0 Å². The number of aromatic nitrogens is 3. The van der Waals surface area contributed by atoms with Gasteiger partial charge in [0.2, 0.25) is 5.91 Å². The Morgan fingerprint density at radius 2 is 2.14 bits per heavy atom. The Labute approximate surface area is 123 Å². The summed E-state index contributed by atoms with van der Waals surface area (Å²) in [6.45, 7) is 0.831. The molecular formula is C15H19N5O. The van der Waals surface area contributed by atoms with E-state index in [0.29, 0.717) is 24.3 Å². The van der Waals surface area contributed by atoms with E-state index in [4.69, 9.17) is 0 Å². The first-order valence-corrected chi connectivity index (χ1v) is 7.50. The minimum absolute atomic E-state index is 0.203. The van der Waals surface area contributed by atoms with Crippen molar-refractivity contribution in [3.8, 4) is 0 Å². The van der Waals surface area contributed by atoms with Crippen molar-refractivity contribution in [2.75, 3.05) is 18.5 Å². The Morgan fingerprint density at radius 3 is 3.05 bits per heavy atom. The highest BCUT2D eigenvalue weighted by Gasteiger charge is 2.40. The quantitative estimate of drug-likeness (QED) is 0.872. The van der Waals surface area contributed by atoms with Gasteiger partial charge in [0.15, 0.2) is 0 Å². The topological polar surface area (TPSA) is 73.9 Å². The zero-order valence-electron chi connectivity index (χ0n) is 12.0. The third-order valence-electron chi connectivity index (χ3n) is 5.04. The minimum atomic E-state index is 0.203. The lowest BCUT2D eigenvalue weighted by Gasteiger charge is -2.26. The van der Waals surface area contributed by atoms with E-state index in [1.165, 1.54) is 0 Å². The number of nitrogens with one attached hydrogen (secondary N) is 2. The predicted octanol–water partition coefficient (Wildman–Crippen LogP) is 1.31. The lowest BCUT2D eigenvalue weighted by molar-refractivity contribution is -0.124. The molecule has 2 N–H and O–H groups in total. The molecule has 1 saturated heterocycles. The van der Waals surface area contributed by atoms with Gasteiger partial charge in [-0.25, -0.2) is 9.97 Å². The number of piperidine rings is 1. The summed E-state index contributed by atoms with van der Waals surface area (Å²) in [6, 6.07) is 2.47. The number of hydrogen-bond donors (Lipinski definition) is 2. The van der Waals surface area contributed by atoms with Crippen LogP contribution in [-0.4, -0.2) is 40.5 Å². The fourth-order valence-electron chi connectivity index (χ4n) is 3.86. The molecule has 6 heteroatoms. The summed E-state index contributed by atoms with van der Waals surface area (Å²) >= 11 is 0. The zero-order valence-corrected chi connectivity index (χ0v) is 12.0. The molecule has 1 aliphatic carbocycles. The highest BCUT2D eigenvalue weighted by atomic mass is 16.1. The fraction of sp³-hybridized carbons (Fsp3) is 0.533. The maximum absolute atomic E-state index is 11.5. The number of rotatable bonds is 2. The van der Waals surface area contributed by atoms with E-state index in [1.54, 1.807) is 6.33 Å². The first-order valence-electron chi connectivity index (χ1n) is 7.50. The van der Waals surface area contributed by atoms with Crippen LogP contribution in [0.2, 0.25) is 0 Å². The van der Waals surface area contributed by atoms with Gasteiger partial charge in [-0.05, 0) is 30.7 Å². The highest BCUT2D eigenvalue weighted by molar-refractivity contribution is 5.87. The number of nitrogens with zero attached hydrogens (tertiary/aromatic N) is 3. The number of aromatic amines is 1. The van der Waals surface area contributed by atoms with Crippen LogP contribution >= 0.6 is 0 Å². The molecule has 2 fully saturated rings. The summed E-state index contributed by atoms with van der Waals surface area (Å²) < 4.78 is 0. The summed E-state index contributed by atoms with van der Waals surface area (Å²) in [6.07, 6.45) is 6.38. The number of carbonyl (C=O) groups is 1. The average Bonchev–Trinajstić information content (AvgIpc) is 3.11. The molecule has 3 atom stereocenters. The second-order valence-corrected chi connectivity index (χ2v) is 6.20. The first kappa shape index (κ1) is 12.6. The molecule has 2 aliphatic rings. The maximum atomic E-state index is 11.5. The summed E-state index contributed by atoms with van der Waals surface area (Å²) in [5, 5.41) is 4.05. The molecule has 2 aromatic heterocycles. The van der Waals surface area contributed by atoms with Crippen molar-refractivity contribution in [1.29, 1.82) is 0 Å². The molecule has 110 valence electrons. The molecule has 1 saturated carbocycles. The summed E-state index contributed by atoms with van der Waals surface area (Å²) in [4.78, 5) is 25.6. The molecule has 0 radical (unpaired) electrons. The Bertz CT molecular complexity index is 682. The van der Waals surface area contributed by atoms with Crippen LogP contribution in [0.5, 0.6) is 0 Å². The maximum Gasteiger partial charge on any atom is 0.220 e. The van der Waals surface area contributed by atoms with Crippen LogP contribution in [0, 0.1) is 11.8 Å². The van der Waals surface area contributed by atoms with Gasteiger partial charge in [0.05, 0.1) is 5.39 Å². The van der Waals surface area contributed by atoms with Crippen LogP contribution in [0.3, 0.4) is 0 Å². The smallest absolute Gasteiger partial charge is 0.220 e. The third-order valence-corrected chi connectivity index (χ3v) is 5.04. The van der Waals surface area contributed by atoms with Crippen molar-refractivity contribution in [3.63, 3.8) is 0 Å². The van der Waals surface area contributed by atoms with Gasteiger partial charge in [-0.15, -0.1) is 0 Å². The van der Waals surface area contributed by atoms with Gasteiger partial charge in [0.25, 0.3) is 0 Å². The van der Waals surface area contributed by atoms with Gasteiger partial charge < -0.3 is 15.2 Å². The van der Waals surface area contributed by atoms with Crippen LogP contribution in [0.4, 0.5) is 5.82 Å². The standard InChI is InChI=1S/C15H19N5O/c1-20(15-12-2-3-16-14(12)18-8-19-15)11-4-9-6-13(21)17-7-10(9)5-11/h2-3,8-11H,4-7H2,1H3,(H,17,21)(H,16,18,19)/t9-,10+,11?/m1/s1. The van der Waals surface area contributed by atoms with E-state index in [0.717, 1.165) is 36.2 Å². The zero-order chi connectivity index (χ0) is 14.4. The Kier molecular flexibility index (Phi) is 2.83. The molecule has 0 aromatic carbocycles. The molecule has 0 bridgehead atoms. The molecule has 1 aliphatic heterocycles. The Morgan fingerprint density at radius 1 is 1.29 bits per heavy atom. The molecule has 6 nitrogen and oxygen atoms in total. The van der Waals surface area contributed by atoms with Gasteiger partial charge in [-0.3, -0.25) is 4.79 Å². The predicted molar refractivity (Wildman–Crippen MR) is 79.9 cm³/mol. The number of H-pyrrole nitrogens is 1. The lowest BCUT2D eigenvalue weighted by Crippen LogP contribution is -2.38. The van der Waals surface area contributed by atoms with E-state index in [-0.39, 0.29) is 5.91 Å². The first-order chi connectivity index (χ1) is 10.2. The van der Waals surface area contributed by atoms with E-state index < -0.39 is 0 Å². The van der Waals surface area contributed by atoms with Crippen LogP contribution < -0.4 is 10.2 Å². The molecule has 1 amide bonds. The Balaban J connectivity index is 1.59. The van der Waals surface area contributed by atoms with Crippen molar-refractivity contribution >= 4 is 22.8 Å². The third kappa shape index (κ3) is 2.05. The van der Waals surface area contributed by atoms with Gasteiger partial charge in [0, 0.05) is 32.3 Å². The number of carbonyl (C=O) groups excluding carboxylic acids is 1. The molecular weight excluding hydrogens is 266 g/mol. The van der Waals surface area contributed by atoms with Crippen LogP contribution in [0.15, 0.2) is 18.6 Å². The normalized spacial score (nSPS) is 28.4. The lowest BCUT2D eigenvalue weighted by atomic mass is 9.89. The van der Waals surface area contributed by atoms with Crippen LogP contribution in [-0.2, 0) is 4.79 Å². The van der Waals surface area contributed by atoms with Crippen LogP contribution in [0.25, 0.3) is 11.0 Å². The monoisotopic (exact) mass is 285 g/mol. The van der Waals surface area contributed by atoms with Crippen molar-refractivity contribution in [2.24, 2.45) is 11.8 Å². The van der Waals surface area contributed by atoms with Crippen molar-refractivity contribution < 1.29 is 4.79 Å². The SMILES string of the molecule is CN(c1ncnc2[nH]ccc12)C1C[C@H]2CNC(=O)C[C@H]2C1. The molecule has 2 aromatic rings. The van der Waals surface area contributed by atoms with Gasteiger partial charge in [-0.1, -0.05) is 0 Å². The van der Waals surface area contributed by atoms with E-state index in [1.807, 2.05) is 12.3 Å². The summed E-state index contributed by atoms with van der Waals surface area (Å²) in [5.41, 5.74) is 0.874. The Hall–Kier alpha value is -2.11. The number of anilines is 1. The highest BCUT2D eigenvalue weighted by Crippen LogP contribution is 2.39. The number of fused-ring (bicyclic) bond motifs is 2. The number of hydrogen-bond acceptors (Lipinski definition) is 4. The van der Waals surface area contributed by atoms with Crippen molar-refractivity contribution in [1.82, 2.24) is 20.3 Å². The van der Waals surface area contributed by atoms with E-state index in [2.05, 4.69) is 32.2 Å². The second kappa shape index (κ2) is 4.72. The fourth-order valence-corrected chi connectivity index (χ4v) is 3.86. The molecule has 21 heavy (non-hydrogen) atoms. The summed E-state index contributed by atoms with van der Waals surface area (Å²) in [7, 11) is 2.10. The summed E-state index contributed by atoms with van der Waals surface area (Å²) in [5.74, 6) is 2.31. The van der Waals surface area contributed by atoms with Crippen molar-refractivity contribution in [2.45, 2.75) is 25.3 Å². The van der Waals surface area contributed by atoms with E-state index in [9.17, 15) is 4.79 Å². The minimum Gasteiger partial charge on any atom is -0.356 e. The van der Waals surface area contributed by atoms with Gasteiger partial charge in [-0.2, -0.15) is 0 Å². The molecule has 4 rings (SSSR count). The number of amides is 1. The van der Waals surface area contributed by atoms with Crippen LogP contribution in [0.1, 0.15) is 19.3 Å². The molecule has 0 spiro atoms. The average molecular weight is 285 g/mol. The molecule has 1 unspecified atom stereocenters. The van der Waals surface area contributed by atoms with Crippen molar-refractivity contribution in [3.05, 3.63) is 18.6 Å². The second-order valence-electron chi connectivity index (χ2n) is 6.20.